The molecule has 1 fully saturated rings. The van der Waals surface area contributed by atoms with Crippen molar-refractivity contribution in [2.45, 2.75) is 71.3 Å². The fourth-order valence-electron chi connectivity index (χ4n) is 2.80. The maximum Gasteiger partial charge on any atom is 0.225 e. The first-order valence-electron chi connectivity index (χ1n) is 8.03. The molecule has 112 valence electrons. The van der Waals surface area contributed by atoms with Gasteiger partial charge in [-0.3, -0.25) is 4.79 Å². The predicted octanol–water partition coefficient (Wildman–Crippen LogP) is 3.18. The number of amides is 1. The molecule has 0 radical (unpaired) electrons. The average molecular weight is 268 g/mol. The van der Waals surface area contributed by atoms with Crippen LogP contribution in [0.5, 0.6) is 0 Å². The van der Waals surface area contributed by atoms with Crippen molar-refractivity contribution < 1.29 is 4.79 Å². The molecule has 0 aromatic heterocycles. The average Bonchev–Trinajstić information content (AvgIpc) is 2.34. The standard InChI is InChI=1S/C16H32N2O/c1-13(2)15(17)11-12-18(3)16(19)14-9-7-5-4-6-8-10-14/h13-15H,4-12,17H2,1-3H3. The van der Waals surface area contributed by atoms with Gasteiger partial charge in [0.1, 0.15) is 0 Å². The Labute approximate surface area is 118 Å². The van der Waals surface area contributed by atoms with Gasteiger partial charge < -0.3 is 10.6 Å². The molecule has 1 aliphatic rings. The summed E-state index contributed by atoms with van der Waals surface area (Å²) in [5.41, 5.74) is 6.05. The minimum atomic E-state index is 0.201. The van der Waals surface area contributed by atoms with E-state index in [1.165, 1.54) is 32.1 Å². The van der Waals surface area contributed by atoms with E-state index in [1.807, 2.05) is 11.9 Å². The van der Waals surface area contributed by atoms with E-state index in [-0.39, 0.29) is 12.0 Å². The number of hydrogen-bond donors (Lipinski definition) is 1. The summed E-state index contributed by atoms with van der Waals surface area (Å²) in [5, 5.41) is 0. The summed E-state index contributed by atoms with van der Waals surface area (Å²) in [4.78, 5) is 14.3. The smallest absolute Gasteiger partial charge is 0.225 e. The lowest BCUT2D eigenvalue weighted by Gasteiger charge is -2.26. The summed E-state index contributed by atoms with van der Waals surface area (Å²) >= 11 is 0. The first-order chi connectivity index (χ1) is 9.02. The van der Waals surface area contributed by atoms with E-state index < -0.39 is 0 Å². The molecule has 1 aliphatic carbocycles. The SMILES string of the molecule is CC(C)C(N)CCN(C)C(=O)C1CCCCCCC1. The van der Waals surface area contributed by atoms with Crippen molar-refractivity contribution in [1.29, 1.82) is 0 Å². The second kappa shape index (κ2) is 8.57. The number of carbonyl (C=O) groups excluding carboxylic acids is 1. The Morgan fingerprint density at radius 2 is 1.68 bits per heavy atom. The van der Waals surface area contributed by atoms with Crippen LogP contribution in [0.1, 0.15) is 65.2 Å². The zero-order valence-electron chi connectivity index (χ0n) is 13.0. The topological polar surface area (TPSA) is 46.3 Å². The van der Waals surface area contributed by atoms with Crippen molar-refractivity contribution in [2.75, 3.05) is 13.6 Å². The Balaban J connectivity index is 2.37. The molecule has 1 saturated carbocycles. The molecule has 0 spiro atoms. The summed E-state index contributed by atoms with van der Waals surface area (Å²) in [6.07, 6.45) is 9.45. The molecule has 1 amide bonds. The summed E-state index contributed by atoms with van der Waals surface area (Å²) in [7, 11) is 1.94. The van der Waals surface area contributed by atoms with Gasteiger partial charge in [0.2, 0.25) is 5.91 Å². The zero-order chi connectivity index (χ0) is 14.3. The van der Waals surface area contributed by atoms with Gasteiger partial charge in [-0.25, -0.2) is 0 Å². The van der Waals surface area contributed by atoms with Crippen LogP contribution in [-0.2, 0) is 4.79 Å². The first kappa shape index (κ1) is 16.5. The molecule has 1 rings (SSSR count). The Morgan fingerprint density at radius 1 is 1.16 bits per heavy atom. The van der Waals surface area contributed by atoms with Crippen molar-refractivity contribution >= 4 is 5.91 Å². The van der Waals surface area contributed by atoms with Gasteiger partial charge in [0.05, 0.1) is 0 Å². The molecule has 1 atom stereocenters. The van der Waals surface area contributed by atoms with Gasteiger partial charge in [-0.2, -0.15) is 0 Å². The van der Waals surface area contributed by atoms with E-state index >= 15 is 0 Å². The third kappa shape index (κ3) is 5.94. The Bertz CT molecular complexity index is 257. The fourth-order valence-corrected chi connectivity index (χ4v) is 2.80. The maximum atomic E-state index is 12.4. The van der Waals surface area contributed by atoms with Crippen molar-refractivity contribution in [3.05, 3.63) is 0 Å². The summed E-state index contributed by atoms with van der Waals surface area (Å²) in [6, 6.07) is 0.201. The molecule has 3 heteroatoms. The van der Waals surface area contributed by atoms with Gasteiger partial charge in [-0.15, -0.1) is 0 Å². The van der Waals surface area contributed by atoms with Crippen LogP contribution >= 0.6 is 0 Å². The van der Waals surface area contributed by atoms with Gasteiger partial charge in [-0.05, 0) is 25.2 Å². The number of hydrogen-bond acceptors (Lipinski definition) is 2. The van der Waals surface area contributed by atoms with Crippen molar-refractivity contribution in [3.8, 4) is 0 Å². The number of rotatable bonds is 5. The van der Waals surface area contributed by atoms with Crippen LogP contribution in [0.4, 0.5) is 0 Å². The highest BCUT2D eigenvalue weighted by Crippen LogP contribution is 2.23. The van der Waals surface area contributed by atoms with Gasteiger partial charge in [0.25, 0.3) is 0 Å². The lowest BCUT2D eigenvalue weighted by atomic mass is 9.90. The summed E-state index contributed by atoms with van der Waals surface area (Å²) in [5.74, 6) is 1.10. The summed E-state index contributed by atoms with van der Waals surface area (Å²) < 4.78 is 0. The molecule has 3 nitrogen and oxygen atoms in total. The number of nitrogens with zero attached hydrogens (tertiary/aromatic N) is 1. The van der Waals surface area contributed by atoms with Crippen LogP contribution in [0, 0.1) is 11.8 Å². The lowest BCUT2D eigenvalue weighted by Crippen LogP contribution is -2.37. The third-order valence-electron chi connectivity index (χ3n) is 4.48. The van der Waals surface area contributed by atoms with E-state index in [4.69, 9.17) is 5.73 Å². The highest BCUT2D eigenvalue weighted by molar-refractivity contribution is 5.78. The van der Waals surface area contributed by atoms with Gasteiger partial charge >= 0.3 is 0 Å². The van der Waals surface area contributed by atoms with Crippen LogP contribution in [0.2, 0.25) is 0 Å². The zero-order valence-corrected chi connectivity index (χ0v) is 13.0. The van der Waals surface area contributed by atoms with Gasteiger partial charge in [-0.1, -0.05) is 46.0 Å². The van der Waals surface area contributed by atoms with E-state index in [0.29, 0.717) is 11.8 Å². The molecule has 0 bridgehead atoms. The van der Waals surface area contributed by atoms with Crippen LogP contribution in [-0.4, -0.2) is 30.4 Å². The van der Waals surface area contributed by atoms with Crippen molar-refractivity contribution in [1.82, 2.24) is 4.90 Å². The molecule has 2 N–H and O–H groups in total. The molecule has 1 unspecified atom stereocenters. The third-order valence-corrected chi connectivity index (χ3v) is 4.48. The van der Waals surface area contributed by atoms with Gasteiger partial charge in [0.15, 0.2) is 0 Å². The Hall–Kier alpha value is -0.570. The molecule has 0 aromatic rings. The summed E-state index contributed by atoms with van der Waals surface area (Å²) in [6.45, 7) is 5.08. The van der Waals surface area contributed by atoms with Crippen molar-refractivity contribution in [3.63, 3.8) is 0 Å². The van der Waals surface area contributed by atoms with Crippen LogP contribution in [0.25, 0.3) is 0 Å². The highest BCUT2D eigenvalue weighted by atomic mass is 16.2. The van der Waals surface area contributed by atoms with E-state index in [1.54, 1.807) is 0 Å². The second-order valence-electron chi connectivity index (χ2n) is 6.50. The van der Waals surface area contributed by atoms with Gasteiger partial charge in [0, 0.05) is 25.6 Å². The Morgan fingerprint density at radius 3 is 2.21 bits per heavy atom. The van der Waals surface area contributed by atoms with Crippen LogP contribution in [0.15, 0.2) is 0 Å². The number of nitrogens with two attached hydrogens (primary N) is 1. The molecule has 0 aromatic carbocycles. The normalized spacial score (nSPS) is 19.8. The molecular weight excluding hydrogens is 236 g/mol. The molecular formula is C16H32N2O. The largest absolute Gasteiger partial charge is 0.345 e. The molecule has 0 aliphatic heterocycles. The van der Waals surface area contributed by atoms with E-state index in [2.05, 4.69) is 13.8 Å². The quantitative estimate of drug-likeness (QED) is 0.832. The van der Waals surface area contributed by atoms with Crippen LogP contribution in [0.3, 0.4) is 0 Å². The fraction of sp³-hybridized carbons (Fsp3) is 0.938. The maximum absolute atomic E-state index is 12.4. The minimum Gasteiger partial charge on any atom is -0.345 e. The van der Waals surface area contributed by atoms with E-state index in [0.717, 1.165) is 25.8 Å². The number of carbonyl (C=O) groups is 1. The lowest BCUT2D eigenvalue weighted by molar-refractivity contribution is -0.135. The monoisotopic (exact) mass is 268 g/mol. The molecule has 0 saturated heterocycles. The van der Waals surface area contributed by atoms with Crippen molar-refractivity contribution in [2.24, 2.45) is 17.6 Å². The predicted molar refractivity (Wildman–Crippen MR) is 80.9 cm³/mol. The van der Waals surface area contributed by atoms with E-state index in [9.17, 15) is 4.79 Å². The van der Waals surface area contributed by atoms with Crippen LogP contribution < -0.4 is 5.73 Å². The Kier molecular flexibility index (Phi) is 7.44. The first-order valence-corrected chi connectivity index (χ1v) is 8.03. The highest BCUT2D eigenvalue weighted by Gasteiger charge is 2.22. The molecule has 0 heterocycles. The minimum absolute atomic E-state index is 0.201. The molecule has 19 heavy (non-hydrogen) atoms. The second-order valence-corrected chi connectivity index (χ2v) is 6.50.